The van der Waals surface area contributed by atoms with E-state index in [1.165, 1.54) is 6.07 Å². The number of amides is 1. The summed E-state index contributed by atoms with van der Waals surface area (Å²) in [6, 6.07) is 12.9. The van der Waals surface area contributed by atoms with Crippen LogP contribution in [0.1, 0.15) is 25.0 Å². The van der Waals surface area contributed by atoms with Gasteiger partial charge in [0.05, 0.1) is 5.02 Å². The highest BCUT2D eigenvalue weighted by Gasteiger charge is 2.36. The summed E-state index contributed by atoms with van der Waals surface area (Å²) < 4.78 is 15.7. The van der Waals surface area contributed by atoms with E-state index in [4.69, 9.17) is 11.6 Å². The third-order valence-corrected chi connectivity index (χ3v) is 6.71. The van der Waals surface area contributed by atoms with E-state index < -0.39 is 5.82 Å². The van der Waals surface area contributed by atoms with Gasteiger partial charge in [-0.05, 0) is 55.4 Å². The predicted octanol–water partition coefficient (Wildman–Crippen LogP) is 5.58. The van der Waals surface area contributed by atoms with Crippen molar-refractivity contribution in [3.05, 3.63) is 65.2 Å². The SMILES string of the molecule is Cc1cnc(-c2ccc(-c3ccc(F)c(Cl)c3)cc2)n1CC1CCN(C(=O)C2CC2)C1. The summed E-state index contributed by atoms with van der Waals surface area (Å²) in [5, 5.41) is 0.124. The van der Waals surface area contributed by atoms with E-state index in [0.717, 1.165) is 67.1 Å². The minimum atomic E-state index is -0.413. The van der Waals surface area contributed by atoms with Gasteiger partial charge in [-0.2, -0.15) is 0 Å². The summed E-state index contributed by atoms with van der Waals surface area (Å²) in [6.07, 6.45) is 5.07. The van der Waals surface area contributed by atoms with Gasteiger partial charge >= 0.3 is 0 Å². The lowest BCUT2D eigenvalue weighted by atomic mass is 10.0. The number of hydrogen-bond donors (Lipinski definition) is 0. The standard InChI is InChI=1S/C25H25ClFN3O/c1-16-13-28-24(30(16)15-17-10-11-29(14-17)25(31)20-6-7-20)19-4-2-18(3-5-19)21-8-9-23(27)22(26)12-21/h2-5,8-9,12-13,17,20H,6-7,10-11,14-15H2,1H3. The molecule has 0 N–H and O–H groups in total. The third kappa shape index (κ3) is 4.11. The van der Waals surface area contributed by atoms with Gasteiger partial charge in [-0.15, -0.1) is 0 Å². The summed E-state index contributed by atoms with van der Waals surface area (Å²) in [6.45, 7) is 4.66. The number of aromatic nitrogens is 2. The zero-order chi connectivity index (χ0) is 21.5. The summed E-state index contributed by atoms with van der Waals surface area (Å²) in [7, 11) is 0. The van der Waals surface area contributed by atoms with E-state index in [2.05, 4.69) is 21.4 Å². The first kappa shape index (κ1) is 20.3. The number of likely N-dealkylation sites (tertiary alicyclic amines) is 1. The van der Waals surface area contributed by atoms with E-state index in [-0.39, 0.29) is 5.02 Å². The Morgan fingerprint density at radius 3 is 2.52 bits per heavy atom. The maximum absolute atomic E-state index is 13.5. The van der Waals surface area contributed by atoms with Crippen LogP contribution in [-0.2, 0) is 11.3 Å². The molecule has 1 amide bonds. The van der Waals surface area contributed by atoms with Crippen molar-refractivity contribution in [2.75, 3.05) is 13.1 Å². The average molecular weight is 438 g/mol. The Morgan fingerprint density at radius 2 is 1.81 bits per heavy atom. The molecule has 0 radical (unpaired) electrons. The van der Waals surface area contributed by atoms with Crippen LogP contribution in [0.25, 0.3) is 22.5 Å². The van der Waals surface area contributed by atoms with Crippen LogP contribution in [-0.4, -0.2) is 33.4 Å². The molecule has 1 aromatic heterocycles. The fraction of sp³-hybridized carbons (Fsp3) is 0.360. The molecule has 160 valence electrons. The highest BCUT2D eigenvalue weighted by atomic mass is 35.5. The molecule has 2 heterocycles. The highest BCUT2D eigenvalue weighted by Crippen LogP contribution is 2.34. The lowest BCUT2D eigenvalue weighted by Gasteiger charge is -2.18. The minimum Gasteiger partial charge on any atom is -0.342 e. The number of carbonyl (C=O) groups excluding carboxylic acids is 1. The zero-order valence-corrected chi connectivity index (χ0v) is 18.3. The van der Waals surface area contributed by atoms with E-state index >= 15 is 0 Å². The number of nitrogens with zero attached hydrogens (tertiary/aromatic N) is 3. The van der Waals surface area contributed by atoms with Crippen molar-refractivity contribution < 1.29 is 9.18 Å². The molecule has 4 nitrogen and oxygen atoms in total. The van der Waals surface area contributed by atoms with Crippen LogP contribution in [0.2, 0.25) is 5.02 Å². The van der Waals surface area contributed by atoms with Gasteiger partial charge in [0.1, 0.15) is 11.6 Å². The fourth-order valence-corrected chi connectivity index (χ4v) is 4.62. The van der Waals surface area contributed by atoms with Crippen LogP contribution in [0, 0.1) is 24.6 Å². The molecule has 1 aliphatic heterocycles. The summed E-state index contributed by atoms with van der Waals surface area (Å²) in [4.78, 5) is 19.1. The van der Waals surface area contributed by atoms with E-state index in [1.807, 2.05) is 30.5 Å². The lowest BCUT2D eigenvalue weighted by molar-refractivity contribution is -0.131. The van der Waals surface area contributed by atoms with Crippen LogP contribution in [0.5, 0.6) is 0 Å². The largest absolute Gasteiger partial charge is 0.342 e. The first-order chi connectivity index (χ1) is 15.0. The van der Waals surface area contributed by atoms with Crippen LogP contribution in [0.3, 0.4) is 0 Å². The number of hydrogen-bond acceptors (Lipinski definition) is 2. The number of rotatable bonds is 5. The van der Waals surface area contributed by atoms with Crippen molar-refractivity contribution in [2.24, 2.45) is 11.8 Å². The van der Waals surface area contributed by atoms with Gasteiger partial charge in [-0.1, -0.05) is 41.9 Å². The van der Waals surface area contributed by atoms with Crippen molar-refractivity contribution in [3.8, 4) is 22.5 Å². The molecule has 1 atom stereocenters. The smallest absolute Gasteiger partial charge is 0.225 e. The molecule has 0 bridgehead atoms. The van der Waals surface area contributed by atoms with Gasteiger partial charge in [0, 0.05) is 43.0 Å². The Bertz CT molecular complexity index is 1120. The highest BCUT2D eigenvalue weighted by molar-refractivity contribution is 6.31. The van der Waals surface area contributed by atoms with Crippen molar-refractivity contribution in [2.45, 2.75) is 32.7 Å². The molecule has 5 rings (SSSR count). The quantitative estimate of drug-likeness (QED) is 0.522. The normalized spacial score (nSPS) is 18.5. The van der Waals surface area contributed by atoms with Crippen LogP contribution < -0.4 is 0 Å². The third-order valence-electron chi connectivity index (χ3n) is 6.42. The van der Waals surface area contributed by atoms with Crippen LogP contribution >= 0.6 is 11.6 Å². The molecule has 2 aromatic carbocycles. The Balaban J connectivity index is 1.33. The second-order valence-electron chi connectivity index (χ2n) is 8.75. The first-order valence-corrected chi connectivity index (χ1v) is 11.2. The second-order valence-corrected chi connectivity index (χ2v) is 9.16. The zero-order valence-electron chi connectivity index (χ0n) is 17.5. The Kier molecular flexibility index (Phi) is 5.30. The number of benzene rings is 2. The molecular weight excluding hydrogens is 413 g/mol. The molecule has 1 unspecified atom stereocenters. The topological polar surface area (TPSA) is 38.1 Å². The minimum absolute atomic E-state index is 0.124. The molecule has 1 saturated heterocycles. The fourth-order valence-electron chi connectivity index (χ4n) is 4.44. The van der Waals surface area contributed by atoms with Crippen LogP contribution in [0.15, 0.2) is 48.7 Å². The van der Waals surface area contributed by atoms with E-state index in [1.54, 1.807) is 12.1 Å². The maximum atomic E-state index is 13.5. The second kappa shape index (κ2) is 8.12. The Morgan fingerprint density at radius 1 is 1.10 bits per heavy atom. The molecule has 1 aliphatic carbocycles. The van der Waals surface area contributed by atoms with Gasteiger partial charge < -0.3 is 9.47 Å². The molecule has 31 heavy (non-hydrogen) atoms. The molecule has 1 saturated carbocycles. The molecule has 3 aromatic rings. The van der Waals surface area contributed by atoms with Crippen LogP contribution in [0.4, 0.5) is 4.39 Å². The maximum Gasteiger partial charge on any atom is 0.225 e. The Labute approximate surface area is 186 Å². The summed E-state index contributed by atoms with van der Waals surface area (Å²) in [5.41, 5.74) is 4.01. The number of imidazole rings is 1. The summed E-state index contributed by atoms with van der Waals surface area (Å²) >= 11 is 5.93. The number of aryl methyl sites for hydroxylation is 1. The van der Waals surface area contributed by atoms with Crippen molar-refractivity contribution >= 4 is 17.5 Å². The van der Waals surface area contributed by atoms with Gasteiger partial charge in [0.25, 0.3) is 0 Å². The number of carbonyl (C=O) groups is 1. The molecule has 2 fully saturated rings. The molecule has 2 aliphatic rings. The first-order valence-electron chi connectivity index (χ1n) is 10.9. The molecular formula is C25H25ClFN3O. The monoisotopic (exact) mass is 437 g/mol. The summed E-state index contributed by atoms with van der Waals surface area (Å²) in [5.74, 6) is 1.62. The Hall–Kier alpha value is -2.66. The van der Waals surface area contributed by atoms with E-state index in [9.17, 15) is 9.18 Å². The van der Waals surface area contributed by atoms with Gasteiger partial charge in [0.2, 0.25) is 5.91 Å². The molecule has 6 heteroatoms. The molecule has 0 spiro atoms. The van der Waals surface area contributed by atoms with Gasteiger partial charge in [-0.25, -0.2) is 9.37 Å². The van der Waals surface area contributed by atoms with E-state index in [0.29, 0.717) is 17.7 Å². The van der Waals surface area contributed by atoms with Crippen molar-refractivity contribution in [1.82, 2.24) is 14.5 Å². The van der Waals surface area contributed by atoms with Crippen molar-refractivity contribution in [3.63, 3.8) is 0 Å². The lowest BCUT2D eigenvalue weighted by Crippen LogP contribution is -2.30. The van der Waals surface area contributed by atoms with Gasteiger partial charge in [0.15, 0.2) is 0 Å². The predicted molar refractivity (Wildman–Crippen MR) is 120 cm³/mol. The van der Waals surface area contributed by atoms with Crippen molar-refractivity contribution in [1.29, 1.82) is 0 Å². The van der Waals surface area contributed by atoms with Gasteiger partial charge in [-0.3, -0.25) is 4.79 Å². The average Bonchev–Trinajstić information content (AvgIpc) is 3.42. The number of halogens is 2.